The molecule has 0 radical (unpaired) electrons. The second-order valence-electron chi connectivity index (χ2n) is 5.75. The number of carboxylic acid groups (broad SMARTS) is 1. The third-order valence-corrected chi connectivity index (χ3v) is 6.14. The molecule has 2 rings (SSSR count). The van der Waals surface area contributed by atoms with E-state index in [0.717, 1.165) is 6.07 Å². The number of nitro groups is 1. The second-order valence-corrected chi connectivity index (χ2v) is 7.80. The molecular weight excluding hydrogens is 374 g/mol. The molecule has 11 heteroatoms. The van der Waals surface area contributed by atoms with E-state index in [1.807, 2.05) is 6.92 Å². The Morgan fingerprint density at radius 2 is 2.12 bits per heavy atom. The number of carbonyl (C=O) groups is 1. The van der Waals surface area contributed by atoms with Crippen molar-refractivity contribution in [1.82, 2.24) is 9.62 Å². The lowest BCUT2D eigenvalue weighted by atomic mass is 9.86. The maximum Gasteiger partial charge on any atom is 0.317 e. The summed E-state index contributed by atoms with van der Waals surface area (Å²) >= 11 is 5.86. The summed E-state index contributed by atoms with van der Waals surface area (Å²) in [6.45, 7) is 2.25. The topological polar surface area (TPSA) is 130 Å². The van der Waals surface area contributed by atoms with Gasteiger partial charge in [0.05, 0.1) is 16.5 Å². The SMILES string of the molecule is CCN(CC(=O)O)C1CC(NS(=O)(=O)c2c(Cl)cccc2[N+](=O)[O-])C1. The van der Waals surface area contributed by atoms with Gasteiger partial charge < -0.3 is 5.11 Å². The highest BCUT2D eigenvalue weighted by Crippen LogP contribution is 2.33. The molecule has 0 unspecified atom stereocenters. The monoisotopic (exact) mass is 391 g/mol. The van der Waals surface area contributed by atoms with E-state index < -0.39 is 37.5 Å². The van der Waals surface area contributed by atoms with E-state index >= 15 is 0 Å². The highest BCUT2D eigenvalue weighted by atomic mass is 35.5. The molecule has 1 aromatic carbocycles. The van der Waals surface area contributed by atoms with Crippen molar-refractivity contribution in [3.05, 3.63) is 33.3 Å². The number of likely N-dealkylation sites (N-methyl/N-ethyl adjacent to an activating group) is 1. The molecule has 25 heavy (non-hydrogen) atoms. The van der Waals surface area contributed by atoms with Crippen LogP contribution in [0.15, 0.2) is 23.1 Å². The van der Waals surface area contributed by atoms with Gasteiger partial charge >= 0.3 is 5.97 Å². The number of nitrogens with one attached hydrogen (secondary N) is 1. The first-order valence-corrected chi connectivity index (χ1v) is 9.43. The quantitative estimate of drug-likeness (QED) is 0.506. The Kier molecular flexibility index (Phi) is 5.99. The van der Waals surface area contributed by atoms with Crippen LogP contribution in [0.25, 0.3) is 0 Å². The van der Waals surface area contributed by atoms with Gasteiger partial charge in [0.1, 0.15) is 0 Å². The van der Waals surface area contributed by atoms with Crippen LogP contribution >= 0.6 is 11.6 Å². The minimum absolute atomic E-state index is 0.0463. The Labute approximate surface area is 149 Å². The zero-order valence-corrected chi connectivity index (χ0v) is 15.0. The summed E-state index contributed by atoms with van der Waals surface area (Å²) in [4.78, 5) is 22.3. The molecule has 0 aromatic heterocycles. The van der Waals surface area contributed by atoms with Gasteiger partial charge in [0.15, 0.2) is 4.90 Å². The number of hydrogen-bond donors (Lipinski definition) is 2. The number of rotatable bonds is 8. The number of sulfonamides is 1. The normalized spacial score (nSPS) is 20.3. The largest absolute Gasteiger partial charge is 0.480 e. The second kappa shape index (κ2) is 7.65. The van der Waals surface area contributed by atoms with E-state index in [0.29, 0.717) is 19.4 Å². The van der Waals surface area contributed by atoms with Crippen molar-refractivity contribution in [3.8, 4) is 0 Å². The van der Waals surface area contributed by atoms with Gasteiger partial charge in [-0.05, 0) is 25.5 Å². The zero-order valence-electron chi connectivity index (χ0n) is 13.4. The molecule has 0 bridgehead atoms. The summed E-state index contributed by atoms with van der Waals surface area (Å²) in [5.74, 6) is -0.947. The van der Waals surface area contributed by atoms with Crippen LogP contribution in [0, 0.1) is 10.1 Å². The van der Waals surface area contributed by atoms with Crippen LogP contribution in [0.3, 0.4) is 0 Å². The van der Waals surface area contributed by atoms with Crippen molar-refractivity contribution in [2.24, 2.45) is 0 Å². The summed E-state index contributed by atoms with van der Waals surface area (Å²) < 4.78 is 27.4. The summed E-state index contributed by atoms with van der Waals surface area (Å²) in [6.07, 6.45) is 0.858. The molecule has 138 valence electrons. The fourth-order valence-electron chi connectivity index (χ4n) is 2.84. The molecule has 0 spiro atoms. The van der Waals surface area contributed by atoms with Gasteiger partial charge in [0.25, 0.3) is 5.69 Å². The van der Waals surface area contributed by atoms with Crippen LogP contribution in [0.2, 0.25) is 5.02 Å². The molecule has 9 nitrogen and oxygen atoms in total. The van der Waals surface area contributed by atoms with Gasteiger partial charge in [-0.2, -0.15) is 0 Å². The van der Waals surface area contributed by atoms with E-state index in [9.17, 15) is 23.3 Å². The first kappa shape index (κ1) is 19.6. The van der Waals surface area contributed by atoms with Gasteiger partial charge in [-0.3, -0.25) is 19.8 Å². The molecular formula is C14H18ClN3O6S. The van der Waals surface area contributed by atoms with Crippen molar-refractivity contribution in [3.63, 3.8) is 0 Å². The predicted octanol–water partition coefficient (Wildman–Crippen LogP) is 1.46. The lowest BCUT2D eigenvalue weighted by Gasteiger charge is -2.42. The first-order chi connectivity index (χ1) is 11.7. The molecule has 1 fully saturated rings. The third kappa shape index (κ3) is 4.46. The number of carboxylic acids is 1. The van der Waals surface area contributed by atoms with Gasteiger partial charge in [-0.15, -0.1) is 0 Å². The average molecular weight is 392 g/mol. The minimum atomic E-state index is -4.16. The van der Waals surface area contributed by atoms with Crippen LogP contribution < -0.4 is 4.72 Å². The van der Waals surface area contributed by atoms with Gasteiger partial charge in [-0.1, -0.05) is 24.6 Å². The standard InChI is InChI=1S/C14H18ClN3O6S/c1-2-17(8-13(19)20)10-6-9(7-10)16-25(23,24)14-11(15)4-3-5-12(14)18(21)22/h3-5,9-10,16H,2,6-8H2,1H3,(H,19,20). The van der Waals surface area contributed by atoms with Crippen molar-refractivity contribution < 1.29 is 23.2 Å². The number of halogens is 1. The fraction of sp³-hybridized carbons (Fsp3) is 0.500. The zero-order chi connectivity index (χ0) is 18.8. The molecule has 2 N–H and O–H groups in total. The van der Waals surface area contributed by atoms with Crippen molar-refractivity contribution >= 4 is 33.3 Å². The highest BCUT2D eigenvalue weighted by molar-refractivity contribution is 7.89. The molecule has 0 amide bonds. The summed E-state index contributed by atoms with van der Waals surface area (Å²) in [7, 11) is -4.16. The van der Waals surface area contributed by atoms with Gasteiger partial charge in [0, 0.05) is 18.2 Å². The number of nitrogens with zero attached hydrogens (tertiary/aromatic N) is 2. The van der Waals surface area contributed by atoms with Gasteiger partial charge in [-0.25, -0.2) is 13.1 Å². The van der Waals surface area contributed by atoms with Crippen LogP contribution in [-0.4, -0.2) is 54.5 Å². The molecule has 1 saturated carbocycles. The van der Waals surface area contributed by atoms with E-state index in [4.69, 9.17) is 16.7 Å². The molecule has 0 heterocycles. The van der Waals surface area contributed by atoms with Crippen molar-refractivity contribution in [2.45, 2.75) is 36.7 Å². The number of aliphatic carboxylic acids is 1. The summed E-state index contributed by atoms with van der Waals surface area (Å²) in [6, 6.07) is 3.20. The minimum Gasteiger partial charge on any atom is -0.480 e. The number of nitro benzene ring substituents is 1. The van der Waals surface area contributed by atoms with Gasteiger partial charge in [0.2, 0.25) is 10.0 Å². The average Bonchev–Trinajstić information content (AvgIpc) is 2.47. The fourth-order valence-corrected chi connectivity index (χ4v) is 4.81. The molecule has 0 atom stereocenters. The Hall–Kier alpha value is -1.75. The first-order valence-electron chi connectivity index (χ1n) is 7.56. The third-order valence-electron chi connectivity index (χ3n) is 4.11. The Balaban J connectivity index is 2.10. The maximum atomic E-state index is 12.5. The highest BCUT2D eigenvalue weighted by Gasteiger charge is 2.38. The van der Waals surface area contributed by atoms with Crippen LogP contribution in [0.1, 0.15) is 19.8 Å². The number of hydrogen-bond acceptors (Lipinski definition) is 6. The molecule has 1 aliphatic rings. The smallest absolute Gasteiger partial charge is 0.317 e. The van der Waals surface area contributed by atoms with E-state index in [1.54, 1.807) is 4.90 Å². The van der Waals surface area contributed by atoms with Crippen LogP contribution in [-0.2, 0) is 14.8 Å². The van der Waals surface area contributed by atoms with E-state index in [2.05, 4.69) is 4.72 Å². The van der Waals surface area contributed by atoms with E-state index in [-0.39, 0.29) is 17.6 Å². The van der Waals surface area contributed by atoms with Crippen LogP contribution in [0.4, 0.5) is 5.69 Å². The van der Waals surface area contributed by atoms with Crippen molar-refractivity contribution in [1.29, 1.82) is 0 Å². The molecule has 1 aliphatic carbocycles. The molecule has 1 aromatic rings. The number of benzene rings is 1. The Bertz CT molecular complexity index is 779. The van der Waals surface area contributed by atoms with Crippen LogP contribution in [0.5, 0.6) is 0 Å². The summed E-state index contributed by atoms with van der Waals surface area (Å²) in [5.41, 5.74) is -0.586. The predicted molar refractivity (Wildman–Crippen MR) is 90.1 cm³/mol. The summed E-state index contributed by atoms with van der Waals surface area (Å²) in [5, 5.41) is 19.7. The maximum absolute atomic E-state index is 12.5. The molecule has 0 aliphatic heterocycles. The van der Waals surface area contributed by atoms with E-state index in [1.165, 1.54) is 12.1 Å². The lowest BCUT2D eigenvalue weighted by Crippen LogP contribution is -2.54. The van der Waals surface area contributed by atoms with Crippen molar-refractivity contribution in [2.75, 3.05) is 13.1 Å². The Morgan fingerprint density at radius 1 is 1.48 bits per heavy atom. The molecule has 0 saturated heterocycles. The Morgan fingerprint density at radius 3 is 2.64 bits per heavy atom. The lowest BCUT2D eigenvalue weighted by molar-refractivity contribution is -0.387.